The number of hydrogen-bond donors (Lipinski definition) is 0. The third-order valence-electron chi connectivity index (χ3n) is 4.40. The minimum atomic E-state index is -4.21. The molecule has 0 radical (unpaired) electrons. The van der Waals surface area contributed by atoms with Crippen molar-refractivity contribution in [3.05, 3.63) is 83.6 Å². The fraction of sp³-hybridized carbons (Fsp3) is 0.190. The van der Waals surface area contributed by atoms with Crippen LogP contribution in [0.15, 0.2) is 70.2 Å². The molecule has 0 spiro atoms. The molecule has 6 nitrogen and oxygen atoms in total. The highest BCUT2D eigenvalue weighted by atomic mass is 32.2. The normalized spacial score (nSPS) is 11.6. The largest absolute Gasteiger partial charge is 0.496 e. The molecule has 1 aromatic heterocycles. The first kappa shape index (κ1) is 20.8. The van der Waals surface area contributed by atoms with Gasteiger partial charge in [0.1, 0.15) is 22.2 Å². The minimum Gasteiger partial charge on any atom is -0.496 e. The molecule has 1 heterocycles. The number of methoxy groups -OCH3 is 1. The number of hydrogen-bond acceptors (Lipinski definition) is 5. The van der Waals surface area contributed by atoms with Gasteiger partial charge in [-0.25, -0.2) is 12.8 Å². The topological polar surface area (TPSA) is 76.8 Å². The van der Waals surface area contributed by atoms with E-state index in [2.05, 4.69) is 0 Å². The van der Waals surface area contributed by atoms with E-state index in [1.807, 2.05) is 0 Å². The first-order chi connectivity index (χ1) is 13.8. The number of sulfonamides is 1. The summed E-state index contributed by atoms with van der Waals surface area (Å²) in [5.74, 6) is -0.195. The van der Waals surface area contributed by atoms with Gasteiger partial charge in [-0.05, 0) is 49.4 Å². The maximum atomic E-state index is 14.3. The number of nitrogens with zero attached hydrogens (tertiary/aromatic N) is 1. The summed E-state index contributed by atoms with van der Waals surface area (Å²) in [6, 6.07) is 13.2. The fourth-order valence-corrected chi connectivity index (χ4v) is 4.36. The van der Waals surface area contributed by atoms with E-state index >= 15 is 0 Å². The lowest BCUT2D eigenvalue weighted by Gasteiger charge is -2.23. The number of halogens is 1. The van der Waals surface area contributed by atoms with Crippen LogP contribution in [0.2, 0.25) is 0 Å². The van der Waals surface area contributed by atoms with Crippen molar-refractivity contribution in [2.24, 2.45) is 0 Å². The predicted molar refractivity (Wildman–Crippen MR) is 105 cm³/mol. The van der Waals surface area contributed by atoms with Crippen molar-refractivity contribution < 1.29 is 26.8 Å². The highest BCUT2D eigenvalue weighted by Crippen LogP contribution is 2.27. The molecule has 8 heteroatoms. The first-order valence-electron chi connectivity index (χ1n) is 8.78. The Bertz CT molecular complexity index is 1110. The van der Waals surface area contributed by atoms with Crippen molar-refractivity contribution in [2.75, 3.05) is 7.11 Å². The van der Waals surface area contributed by atoms with Gasteiger partial charge in [-0.3, -0.25) is 4.79 Å². The Morgan fingerprint density at radius 1 is 1.10 bits per heavy atom. The van der Waals surface area contributed by atoms with Crippen LogP contribution in [0.4, 0.5) is 4.39 Å². The van der Waals surface area contributed by atoms with Crippen LogP contribution in [0.3, 0.4) is 0 Å². The SMILES string of the molecule is COc1ccc(C(C)=O)cc1CN(Cc1ccco1)S(=O)(=O)c1ccccc1F. The van der Waals surface area contributed by atoms with E-state index in [1.54, 1.807) is 30.3 Å². The Morgan fingerprint density at radius 2 is 1.86 bits per heavy atom. The third-order valence-corrected chi connectivity index (χ3v) is 6.23. The van der Waals surface area contributed by atoms with Crippen molar-refractivity contribution in [2.45, 2.75) is 24.9 Å². The van der Waals surface area contributed by atoms with Gasteiger partial charge in [-0.2, -0.15) is 4.31 Å². The molecule has 2 aromatic carbocycles. The van der Waals surface area contributed by atoms with Crippen molar-refractivity contribution in [1.29, 1.82) is 0 Å². The van der Waals surface area contributed by atoms with Crippen LogP contribution in [0.5, 0.6) is 5.75 Å². The molecule has 0 aliphatic rings. The van der Waals surface area contributed by atoms with Gasteiger partial charge in [-0.1, -0.05) is 12.1 Å². The average Bonchev–Trinajstić information content (AvgIpc) is 3.20. The molecule has 0 saturated heterocycles. The van der Waals surface area contributed by atoms with E-state index in [-0.39, 0.29) is 18.9 Å². The van der Waals surface area contributed by atoms with Crippen molar-refractivity contribution >= 4 is 15.8 Å². The van der Waals surface area contributed by atoms with Gasteiger partial charge >= 0.3 is 0 Å². The maximum Gasteiger partial charge on any atom is 0.246 e. The summed E-state index contributed by atoms with van der Waals surface area (Å²) >= 11 is 0. The molecule has 29 heavy (non-hydrogen) atoms. The second-order valence-corrected chi connectivity index (χ2v) is 8.27. The second-order valence-electron chi connectivity index (χ2n) is 6.37. The molecular weight excluding hydrogens is 397 g/mol. The lowest BCUT2D eigenvalue weighted by atomic mass is 10.1. The summed E-state index contributed by atoms with van der Waals surface area (Å²) in [6.45, 7) is 1.17. The molecule has 0 fully saturated rings. The molecule has 0 amide bonds. The molecular formula is C21H20FNO5S. The number of ether oxygens (including phenoxy) is 1. The monoisotopic (exact) mass is 417 g/mol. The van der Waals surface area contributed by atoms with E-state index < -0.39 is 20.7 Å². The second kappa shape index (κ2) is 8.59. The van der Waals surface area contributed by atoms with Crippen LogP contribution in [0.1, 0.15) is 28.6 Å². The Hall–Kier alpha value is -2.97. The van der Waals surface area contributed by atoms with Crippen LogP contribution in [-0.2, 0) is 23.1 Å². The van der Waals surface area contributed by atoms with Crippen molar-refractivity contribution in [3.63, 3.8) is 0 Å². The van der Waals surface area contributed by atoms with Crippen LogP contribution in [0.25, 0.3) is 0 Å². The molecule has 0 unspecified atom stereocenters. The number of carbonyl (C=O) groups is 1. The maximum absolute atomic E-state index is 14.3. The zero-order valence-corrected chi connectivity index (χ0v) is 16.8. The summed E-state index contributed by atoms with van der Waals surface area (Å²) < 4.78 is 52.5. The lowest BCUT2D eigenvalue weighted by molar-refractivity contribution is 0.101. The number of furan rings is 1. The molecule has 0 bridgehead atoms. The van der Waals surface area contributed by atoms with Crippen LogP contribution in [0, 0.1) is 5.82 Å². The molecule has 3 aromatic rings. The Labute approximate surface area is 168 Å². The van der Waals surface area contributed by atoms with Gasteiger partial charge in [0, 0.05) is 17.7 Å². The van der Waals surface area contributed by atoms with E-state index in [1.165, 1.54) is 38.5 Å². The summed E-state index contributed by atoms with van der Waals surface area (Å²) in [7, 11) is -2.75. The van der Waals surface area contributed by atoms with Gasteiger partial charge in [0.05, 0.1) is 19.9 Å². The van der Waals surface area contributed by atoms with Crippen LogP contribution < -0.4 is 4.74 Å². The van der Waals surface area contributed by atoms with Crippen LogP contribution >= 0.6 is 0 Å². The Morgan fingerprint density at radius 3 is 2.48 bits per heavy atom. The molecule has 152 valence electrons. The summed E-state index contributed by atoms with van der Waals surface area (Å²) in [4.78, 5) is 11.3. The number of benzene rings is 2. The lowest BCUT2D eigenvalue weighted by Crippen LogP contribution is -2.31. The zero-order valence-electron chi connectivity index (χ0n) is 16.0. The van der Waals surface area contributed by atoms with E-state index in [0.717, 1.165) is 10.4 Å². The van der Waals surface area contributed by atoms with Gasteiger partial charge in [0.15, 0.2) is 5.78 Å². The number of carbonyl (C=O) groups excluding carboxylic acids is 1. The van der Waals surface area contributed by atoms with Gasteiger partial charge in [-0.15, -0.1) is 0 Å². The van der Waals surface area contributed by atoms with Crippen molar-refractivity contribution in [1.82, 2.24) is 4.31 Å². The molecule has 3 rings (SSSR count). The highest BCUT2D eigenvalue weighted by molar-refractivity contribution is 7.89. The van der Waals surface area contributed by atoms with Gasteiger partial charge in [0.2, 0.25) is 10.0 Å². The number of ketones is 1. The number of rotatable bonds is 8. The highest BCUT2D eigenvalue weighted by Gasteiger charge is 2.29. The minimum absolute atomic E-state index is 0.114. The molecule has 0 aliphatic heterocycles. The van der Waals surface area contributed by atoms with Gasteiger partial charge < -0.3 is 9.15 Å². The fourth-order valence-electron chi connectivity index (χ4n) is 2.91. The third kappa shape index (κ3) is 4.55. The number of Topliss-reactive ketones (excluding diaryl/α,β-unsaturated/α-hetero) is 1. The first-order valence-corrected chi connectivity index (χ1v) is 10.2. The predicted octanol–water partition coefficient (Wildman–Crippen LogP) is 4.02. The van der Waals surface area contributed by atoms with E-state index in [9.17, 15) is 17.6 Å². The van der Waals surface area contributed by atoms with Crippen LogP contribution in [-0.4, -0.2) is 25.6 Å². The smallest absolute Gasteiger partial charge is 0.246 e. The molecule has 0 aliphatic carbocycles. The Balaban J connectivity index is 2.07. The summed E-state index contributed by atoms with van der Waals surface area (Å²) in [6.07, 6.45) is 1.43. The molecule has 0 N–H and O–H groups in total. The van der Waals surface area contributed by atoms with Gasteiger partial charge in [0.25, 0.3) is 0 Å². The average molecular weight is 417 g/mol. The van der Waals surface area contributed by atoms with E-state index in [0.29, 0.717) is 22.6 Å². The standard InChI is InChI=1S/C21H20FNO5S/c1-15(24)16-9-10-20(27-2)17(12-16)13-23(14-18-6-5-11-28-18)29(25,26)21-8-4-3-7-19(21)22/h3-12H,13-14H2,1-2H3. The summed E-state index contributed by atoms with van der Waals surface area (Å²) in [5, 5.41) is 0. The summed E-state index contributed by atoms with van der Waals surface area (Å²) in [5.41, 5.74) is 0.897. The van der Waals surface area contributed by atoms with E-state index in [4.69, 9.17) is 9.15 Å². The zero-order chi connectivity index (χ0) is 21.0. The van der Waals surface area contributed by atoms with Crippen molar-refractivity contribution in [3.8, 4) is 5.75 Å². The molecule has 0 saturated carbocycles. The molecule has 0 atom stereocenters. The Kier molecular flexibility index (Phi) is 6.14. The quantitative estimate of drug-likeness (QED) is 0.518.